The molecule has 0 saturated heterocycles. The van der Waals surface area contributed by atoms with Crippen molar-refractivity contribution in [3.05, 3.63) is 34.7 Å². The molecule has 20 heavy (non-hydrogen) atoms. The Balaban J connectivity index is 2.55. The van der Waals surface area contributed by atoms with Crippen LogP contribution in [0.15, 0.2) is 28.5 Å². The molecule has 7 heteroatoms. The van der Waals surface area contributed by atoms with E-state index in [-0.39, 0.29) is 16.9 Å². The van der Waals surface area contributed by atoms with E-state index < -0.39 is 27.2 Å². The van der Waals surface area contributed by atoms with Crippen LogP contribution in [0.25, 0.3) is 5.57 Å². The van der Waals surface area contributed by atoms with Crippen LogP contribution in [0.3, 0.4) is 0 Å². The van der Waals surface area contributed by atoms with Gasteiger partial charge >= 0.3 is 6.18 Å². The number of hydrogen-bond donors (Lipinski definition) is 1. The Morgan fingerprint density at radius 2 is 1.80 bits per heavy atom. The number of aliphatic hydroxyl groups is 1. The lowest BCUT2D eigenvalue weighted by molar-refractivity contribution is -0.137. The first-order valence-corrected chi connectivity index (χ1v) is 7.34. The summed E-state index contributed by atoms with van der Waals surface area (Å²) in [4.78, 5) is -0.355. The molecule has 1 aromatic carbocycles. The first kappa shape index (κ1) is 15.1. The maximum Gasteiger partial charge on any atom is 0.416 e. The molecular formula is C13H13F3O3S. The quantitative estimate of drug-likeness (QED) is 0.914. The van der Waals surface area contributed by atoms with Crippen molar-refractivity contribution in [2.24, 2.45) is 0 Å². The van der Waals surface area contributed by atoms with Gasteiger partial charge in [0.05, 0.1) is 16.1 Å². The SMILES string of the molecule is CC(C)(O)CC1=CS(=O)(=O)c2cc(C(F)(F)F)ccc21. The zero-order valence-corrected chi connectivity index (χ0v) is 11.6. The molecular weight excluding hydrogens is 293 g/mol. The van der Waals surface area contributed by atoms with E-state index in [0.717, 1.165) is 17.5 Å². The number of fused-ring (bicyclic) bond motifs is 1. The van der Waals surface area contributed by atoms with Crippen molar-refractivity contribution in [2.75, 3.05) is 0 Å². The third kappa shape index (κ3) is 2.88. The summed E-state index contributed by atoms with van der Waals surface area (Å²) in [6.45, 7) is 3.01. The molecule has 1 N–H and O–H groups in total. The highest BCUT2D eigenvalue weighted by Crippen LogP contribution is 2.40. The fourth-order valence-electron chi connectivity index (χ4n) is 2.12. The third-order valence-electron chi connectivity index (χ3n) is 2.88. The molecule has 110 valence electrons. The topological polar surface area (TPSA) is 54.4 Å². The van der Waals surface area contributed by atoms with Crippen molar-refractivity contribution < 1.29 is 26.7 Å². The van der Waals surface area contributed by atoms with Gasteiger partial charge in [-0.25, -0.2) is 8.42 Å². The molecule has 0 saturated carbocycles. The van der Waals surface area contributed by atoms with Crippen molar-refractivity contribution >= 4 is 15.4 Å². The summed E-state index contributed by atoms with van der Waals surface area (Å²) in [5.41, 5.74) is -1.61. The van der Waals surface area contributed by atoms with Crippen molar-refractivity contribution in [3.8, 4) is 0 Å². The average Bonchev–Trinajstić information content (AvgIpc) is 2.46. The number of benzene rings is 1. The highest BCUT2D eigenvalue weighted by atomic mass is 32.2. The molecule has 2 rings (SSSR count). The van der Waals surface area contributed by atoms with E-state index in [1.807, 2.05) is 0 Å². The van der Waals surface area contributed by atoms with Crippen molar-refractivity contribution in [1.82, 2.24) is 0 Å². The lowest BCUT2D eigenvalue weighted by Gasteiger charge is -2.18. The van der Waals surface area contributed by atoms with Gasteiger partial charge in [0.2, 0.25) is 9.84 Å². The Bertz CT molecular complexity index is 680. The van der Waals surface area contributed by atoms with E-state index in [9.17, 15) is 26.7 Å². The first-order valence-electron chi connectivity index (χ1n) is 5.80. The van der Waals surface area contributed by atoms with Crippen molar-refractivity contribution in [2.45, 2.75) is 36.9 Å². The molecule has 3 nitrogen and oxygen atoms in total. The van der Waals surface area contributed by atoms with Crippen LogP contribution >= 0.6 is 0 Å². The predicted molar refractivity (Wildman–Crippen MR) is 67.5 cm³/mol. The molecule has 0 fully saturated rings. The zero-order valence-electron chi connectivity index (χ0n) is 10.8. The molecule has 0 aromatic heterocycles. The molecule has 0 radical (unpaired) electrons. The second-order valence-electron chi connectivity index (χ2n) is 5.39. The summed E-state index contributed by atoms with van der Waals surface area (Å²) in [7, 11) is -3.88. The fourth-order valence-corrected chi connectivity index (χ4v) is 3.63. The standard InChI is InChI=1S/C13H13F3O3S/c1-12(2,17)6-8-7-20(18,19)11-5-9(13(14,15)16)3-4-10(8)11/h3-5,7,17H,6H2,1-2H3. The molecule has 0 atom stereocenters. The molecule has 0 aliphatic carbocycles. The Morgan fingerprint density at radius 3 is 2.30 bits per heavy atom. The number of halogens is 3. The zero-order chi connectivity index (χ0) is 15.3. The monoisotopic (exact) mass is 306 g/mol. The summed E-state index contributed by atoms with van der Waals surface area (Å²) in [6, 6.07) is 2.62. The predicted octanol–water partition coefficient (Wildman–Crippen LogP) is 2.99. The molecule has 1 aliphatic heterocycles. The summed E-state index contributed by atoms with van der Waals surface area (Å²) >= 11 is 0. The van der Waals surface area contributed by atoms with Crippen LogP contribution in [0.5, 0.6) is 0 Å². The Labute approximate surface area is 114 Å². The first-order chi connectivity index (χ1) is 8.90. The minimum atomic E-state index is -4.59. The van der Waals surface area contributed by atoms with Gasteiger partial charge in [0.1, 0.15) is 0 Å². The van der Waals surface area contributed by atoms with Gasteiger partial charge in [-0.3, -0.25) is 0 Å². The summed E-state index contributed by atoms with van der Waals surface area (Å²) < 4.78 is 61.7. The summed E-state index contributed by atoms with van der Waals surface area (Å²) in [6.07, 6.45) is -4.55. The normalized spacial score (nSPS) is 17.8. The smallest absolute Gasteiger partial charge is 0.390 e. The van der Waals surface area contributed by atoms with Crippen LogP contribution in [0, 0.1) is 0 Å². The minimum absolute atomic E-state index is 0.0462. The van der Waals surface area contributed by atoms with Gasteiger partial charge in [-0.1, -0.05) is 6.07 Å². The Morgan fingerprint density at radius 1 is 1.20 bits per heavy atom. The van der Waals surface area contributed by atoms with Gasteiger partial charge in [-0.2, -0.15) is 13.2 Å². The summed E-state index contributed by atoms with van der Waals surface area (Å²) in [5, 5.41) is 10.7. The van der Waals surface area contributed by atoms with Gasteiger partial charge in [0.25, 0.3) is 0 Å². The van der Waals surface area contributed by atoms with E-state index in [2.05, 4.69) is 0 Å². The number of hydrogen-bond acceptors (Lipinski definition) is 3. The van der Waals surface area contributed by atoms with Gasteiger partial charge in [-0.15, -0.1) is 0 Å². The van der Waals surface area contributed by atoms with Crippen LogP contribution in [-0.4, -0.2) is 19.1 Å². The number of alkyl halides is 3. The number of rotatable bonds is 2. The Kier molecular flexibility index (Phi) is 3.26. The average molecular weight is 306 g/mol. The minimum Gasteiger partial charge on any atom is -0.390 e. The molecule has 0 unspecified atom stereocenters. The van der Waals surface area contributed by atoms with Crippen molar-refractivity contribution in [1.29, 1.82) is 0 Å². The molecule has 1 aromatic rings. The van der Waals surface area contributed by atoms with E-state index in [0.29, 0.717) is 11.6 Å². The van der Waals surface area contributed by atoms with Crippen LogP contribution in [0.1, 0.15) is 31.4 Å². The molecule has 0 spiro atoms. The lowest BCUT2D eigenvalue weighted by atomic mass is 9.94. The lowest BCUT2D eigenvalue weighted by Crippen LogP contribution is -2.18. The fraction of sp³-hybridized carbons (Fsp3) is 0.385. The Hall–Kier alpha value is -1.34. The largest absolute Gasteiger partial charge is 0.416 e. The molecule has 1 heterocycles. The second kappa shape index (κ2) is 4.33. The highest BCUT2D eigenvalue weighted by Gasteiger charge is 2.35. The van der Waals surface area contributed by atoms with Crippen LogP contribution in [0.2, 0.25) is 0 Å². The van der Waals surface area contributed by atoms with E-state index in [1.165, 1.54) is 13.8 Å². The second-order valence-corrected chi connectivity index (χ2v) is 7.15. The molecule has 1 aliphatic rings. The van der Waals surface area contributed by atoms with E-state index in [4.69, 9.17) is 0 Å². The highest BCUT2D eigenvalue weighted by molar-refractivity contribution is 7.95. The maximum absolute atomic E-state index is 12.6. The molecule has 0 bridgehead atoms. The number of sulfone groups is 1. The van der Waals surface area contributed by atoms with E-state index >= 15 is 0 Å². The van der Waals surface area contributed by atoms with Gasteiger partial charge in [0, 0.05) is 11.8 Å². The molecule has 0 amide bonds. The van der Waals surface area contributed by atoms with Gasteiger partial charge < -0.3 is 5.11 Å². The summed E-state index contributed by atoms with van der Waals surface area (Å²) in [5.74, 6) is 0. The van der Waals surface area contributed by atoms with Crippen LogP contribution in [-0.2, 0) is 16.0 Å². The maximum atomic E-state index is 12.6. The van der Waals surface area contributed by atoms with Crippen molar-refractivity contribution in [3.63, 3.8) is 0 Å². The van der Waals surface area contributed by atoms with Gasteiger partial charge in [0.15, 0.2) is 0 Å². The van der Waals surface area contributed by atoms with Gasteiger partial charge in [-0.05, 0) is 37.1 Å². The van der Waals surface area contributed by atoms with E-state index in [1.54, 1.807) is 0 Å². The third-order valence-corrected chi connectivity index (χ3v) is 4.43. The van der Waals surface area contributed by atoms with Crippen LogP contribution < -0.4 is 0 Å². The van der Waals surface area contributed by atoms with Crippen LogP contribution in [0.4, 0.5) is 13.2 Å².